The highest BCUT2D eigenvalue weighted by Crippen LogP contribution is 2.46. The number of benzene rings is 2. The van der Waals surface area contributed by atoms with E-state index in [1.165, 1.54) is 42.8 Å². The lowest BCUT2D eigenvalue weighted by molar-refractivity contribution is 1.28. The molecule has 0 saturated carbocycles. The number of fused-ring (bicyclic) bond motifs is 5. The van der Waals surface area contributed by atoms with Gasteiger partial charge in [0.25, 0.3) is 0 Å². The van der Waals surface area contributed by atoms with E-state index in [4.69, 9.17) is 0 Å². The standard InChI is InChI=1S/C19H12S2/c1-3-15(17-5-2-9-20-17)14-7-6-12-11-13-8-10-21-19(13)18(12)16(14)4-1/h1-10H,11H2. The highest BCUT2D eigenvalue weighted by atomic mass is 32.1. The molecule has 1 aliphatic carbocycles. The van der Waals surface area contributed by atoms with Crippen molar-refractivity contribution in [1.29, 1.82) is 0 Å². The third-order valence-corrected chi connectivity index (χ3v) is 6.17. The maximum Gasteiger partial charge on any atom is 0.0387 e. The summed E-state index contributed by atoms with van der Waals surface area (Å²) in [6, 6.07) is 18.0. The summed E-state index contributed by atoms with van der Waals surface area (Å²) in [6.07, 6.45) is 1.09. The van der Waals surface area contributed by atoms with Gasteiger partial charge in [-0.15, -0.1) is 22.7 Å². The summed E-state index contributed by atoms with van der Waals surface area (Å²) < 4.78 is 0. The van der Waals surface area contributed by atoms with E-state index in [2.05, 4.69) is 59.3 Å². The van der Waals surface area contributed by atoms with E-state index in [9.17, 15) is 0 Å². The van der Waals surface area contributed by atoms with E-state index >= 15 is 0 Å². The summed E-state index contributed by atoms with van der Waals surface area (Å²) in [7, 11) is 0. The molecule has 0 unspecified atom stereocenters. The zero-order chi connectivity index (χ0) is 13.8. The SMILES string of the molecule is c1csc(-c2cccc3c4c(ccc23)Cc2ccsc2-4)c1. The first-order chi connectivity index (χ1) is 10.4. The summed E-state index contributed by atoms with van der Waals surface area (Å²) >= 11 is 3.69. The number of hydrogen-bond donors (Lipinski definition) is 0. The quantitative estimate of drug-likeness (QED) is 0.346. The fraction of sp³-hybridized carbons (Fsp3) is 0.0526. The smallest absolute Gasteiger partial charge is 0.0387 e. The Balaban J connectivity index is 1.89. The molecule has 1 aliphatic rings. The summed E-state index contributed by atoms with van der Waals surface area (Å²) in [5, 5.41) is 7.15. The van der Waals surface area contributed by atoms with Gasteiger partial charge in [0.15, 0.2) is 0 Å². The van der Waals surface area contributed by atoms with Gasteiger partial charge in [-0.25, -0.2) is 0 Å². The molecule has 100 valence electrons. The summed E-state index contributed by atoms with van der Waals surface area (Å²) in [5.41, 5.74) is 5.79. The maximum atomic E-state index is 2.32. The monoisotopic (exact) mass is 304 g/mol. The number of hydrogen-bond acceptors (Lipinski definition) is 2. The van der Waals surface area contributed by atoms with Gasteiger partial charge in [-0.3, -0.25) is 0 Å². The summed E-state index contributed by atoms with van der Waals surface area (Å²) in [4.78, 5) is 2.82. The molecule has 0 atom stereocenters. The van der Waals surface area contributed by atoms with Crippen molar-refractivity contribution in [3.63, 3.8) is 0 Å². The Morgan fingerprint density at radius 3 is 2.62 bits per heavy atom. The van der Waals surface area contributed by atoms with Gasteiger partial charge in [0.05, 0.1) is 0 Å². The van der Waals surface area contributed by atoms with Crippen molar-refractivity contribution in [1.82, 2.24) is 0 Å². The third-order valence-electron chi connectivity index (χ3n) is 4.29. The minimum absolute atomic E-state index is 1.09. The third kappa shape index (κ3) is 1.60. The van der Waals surface area contributed by atoms with Gasteiger partial charge >= 0.3 is 0 Å². The molecule has 0 nitrogen and oxygen atoms in total. The molecule has 0 fully saturated rings. The largest absolute Gasteiger partial charge is 0.144 e. The highest BCUT2D eigenvalue weighted by Gasteiger charge is 2.22. The molecule has 2 heterocycles. The van der Waals surface area contributed by atoms with E-state index in [-0.39, 0.29) is 0 Å². The molecule has 0 spiro atoms. The van der Waals surface area contributed by atoms with Crippen LogP contribution in [0.3, 0.4) is 0 Å². The van der Waals surface area contributed by atoms with Crippen LogP contribution >= 0.6 is 22.7 Å². The fourth-order valence-corrected chi connectivity index (χ4v) is 5.15. The second-order valence-corrected chi connectivity index (χ2v) is 7.29. The summed E-state index contributed by atoms with van der Waals surface area (Å²) in [5.74, 6) is 0. The van der Waals surface area contributed by atoms with Crippen molar-refractivity contribution in [3.8, 4) is 20.9 Å². The molecule has 0 radical (unpaired) electrons. The molecule has 2 heteroatoms. The molecule has 0 bridgehead atoms. The lowest BCUT2D eigenvalue weighted by atomic mass is 9.97. The minimum atomic E-state index is 1.09. The molecule has 5 rings (SSSR count). The van der Waals surface area contributed by atoms with Crippen molar-refractivity contribution < 1.29 is 0 Å². The molecular weight excluding hydrogens is 292 g/mol. The van der Waals surface area contributed by atoms with Crippen molar-refractivity contribution in [3.05, 3.63) is 70.4 Å². The Bertz CT molecular complexity index is 959. The van der Waals surface area contributed by atoms with E-state index in [0.29, 0.717) is 0 Å². The first kappa shape index (κ1) is 11.7. The van der Waals surface area contributed by atoms with Crippen molar-refractivity contribution >= 4 is 33.4 Å². The molecule has 2 aromatic carbocycles. The van der Waals surface area contributed by atoms with Crippen LogP contribution in [0.4, 0.5) is 0 Å². The van der Waals surface area contributed by atoms with Gasteiger partial charge < -0.3 is 0 Å². The normalized spacial score (nSPS) is 12.6. The van der Waals surface area contributed by atoms with Crippen LogP contribution in [0.5, 0.6) is 0 Å². The van der Waals surface area contributed by atoms with Gasteiger partial charge in [-0.1, -0.05) is 36.4 Å². The molecule has 4 aromatic rings. The summed E-state index contributed by atoms with van der Waals surface area (Å²) in [6.45, 7) is 0. The van der Waals surface area contributed by atoms with E-state index in [0.717, 1.165) is 6.42 Å². The van der Waals surface area contributed by atoms with E-state index < -0.39 is 0 Å². The molecular formula is C19H12S2. The predicted molar refractivity (Wildman–Crippen MR) is 93.4 cm³/mol. The van der Waals surface area contributed by atoms with Crippen LogP contribution in [0, 0.1) is 0 Å². The lowest BCUT2D eigenvalue weighted by Gasteiger charge is -2.09. The van der Waals surface area contributed by atoms with Crippen LogP contribution in [-0.2, 0) is 6.42 Å². The topological polar surface area (TPSA) is 0 Å². The second kappa shape index (κ2) is 4.30. The van der Waals surface area contributed by atoms with Gasteiger partial charge in [0, 0.05) is 15.3 Å². The fourth-order valence-electron chi connectivity index (χ4n) is 3.36. The Kier molecular flexibility index (Phi) is 2.40. The number of thiophene rings is 2. The Hall–Kier alpha value is -1.90. The molecule has 21 heavy (non-hydrogen) atoms. The van der Waals surface area contributed by atoms with Crippen LogP contribution < -0.4 is 0 Å². The average molecular weight is 304 g/mol. The molecule has 0 N–H and O–H groups in total. The predicted octanol–water partition coefficient (Wildman–Crippen LogP) is 6.20. The highest BCUT2D eigenvalue weighted by molar-refractivity contribution is 7.14. The van der Waals surface area contributed by atoms with Gasteiger partial charge in [-0.05, 0) is 56.8 Å². The van der Waals surface area contributed by atoms with Crippen LogP contribution in [0.25, 0.3) is 31.7 Å². The average Bonchev–Trinajstić information content (AvgIpc) is 3.22. The van der Waals surface area contributed by atoms with Crippen LogP contribution in [0.2, 0.25) is 0 Å². The molecule has 0 saturated heterocycles. The number of rotatable bonds is 1. The van der Waals surface area contributed by atoms with Crippen LogP contribution in [0.15, 0.2) is 59.3 Å². The van der Waals surface area contributed by atoms with Crippen molar-refractivity contribution in [2.24, 2.45) is 0 Å². The Labute approximate surface area is 131 Å². The van der Waals surface area contributed by atoms with Gasteiger partial charge in [-0.2, -0.15) is 0 Å². The molecule has 0 aliphatic heterocycles. The lowest BCUT2D eigenvalue weighted by Crippen LogP contribution is -1.85. The zero-order valence-electron chi connectivity index (χ0n) is 11.3. The molecule has 2 aromatic heterocycles. The zero-order valence-corrected chi connectivity index (χ0v) is 12.9. The van der Waals surface area contributed by atoms with E-state index in [1.54, 1.807) is 0 Å². The van der Waals surface area contributed by atoms with Crippen LogP contribution in [0.1, 0.15) is 11.1 Å². The molecule has 0 amide bonds. The Morgan fingerprint density at radius 1 is 0.714 bits per heavy atom. The Morgan fingerprint density at radius 2 is 1.71 bits per heavy atom. The van der Waals surface area contributed by atoms with Crippen molar-refractivity contribution in [2.75, 3.05) is 0 Å². The minimum Gasteiger partial charge on any atom is -0.144 e. The first-order valence-electron chi connectivity index (χ1n) is 7.07. The first-order valence-corrected chi connectivity index (χ1v) is 8.83. The van der Waals surface area contributed by atoms with Gasteiger partial charge in [0.2, 0.25) is 0 Å². The van der Waals surface area contributed by atoms with Crippen LogP contribution in [-0.4, -0.2) is 0 Å². The van der Waals surface area contributed by atoms with E-state index in [1.807, 2.05) is 22.7 Å². The van der Waals surface area contributed by atoms with Gasteiger partial charge in [0.1, 0.15) is 0 Å². The second-order valence-electron chi connectivity index (χ2n) is 5.43. The maximum absolute atomic E-state index is 2.32. The van der Waals surface area contributed by atoms with Crippen molar-refractivity contribution in [2.45, 2.75) is 6.42 Å².